The second kappa shape index (κ2) is 8.28. The van der Waals surface area contributed by atoms with E-state index in [1.165, 1.54) is 0 Å². The van der Waals surface area contributed by atoms with Crippen molar-refractivity contribution in [3.05, 3.63) is 60.2 Å². The average Bonchev–Trinajstić information content (AvgIpc) is 3.32. The quantitative estimate of drug-likeness (QED) is 0.666. The number of hydrogen-bond donors (Lipinski definition) is 1. The lowest BCUT2D eigenvalue weighted by atomic mass is 10.2. The second-order valence-electron chi connectivity index (χ2n) is 6.08. The van der Waals surface area contributed by atoms with E-state index in [2.05, 4.69) is 20.7 Å². The van der Waals surface area contributed by atoms with Crippen LogP contribution in [0.3, 0.4) is 0 Å². The van der Waals surface area contributed by atoms with E-state index in [1.807, 2.05) is 48.1 Å². The van der Waals surface area contributed by atoms with Crippen molar-refractivity contribution >= 4 is 5.91 Å². The molecule has 0 aliphatic heterocycles. The van der Waals surface area contributed by atoms with Gasteiger partial charge in [0.05, 0.1) is 19.9 Å². The lowest BCUT2D eigenvalue weighted by molar-refractivity contribution is 0.0932. The summed E-state index contributed by atoms with van der Waals surface area (Å²) >= 11 is 0. The summed E-state index contributed by atoms with van der Waals surface area (Å²) in [4.78, 5) is 12.3. The Morgan fingerprint density at radius 1 is 1.27 bits per heavy atom. The summed E-state index contributed by atoms with van der Waals surface area (Å²) in [6.45, 7) is 3.25. The first-order valence-corrected chi connectivity index (χ1v) is 8.45. The molecule has 0 fully saturated rings. The third kappa shape index (κ3) is 4.69. The van der Waals surface area contributed by atoms with Gasteiger partial charge in [-0.1, -0.05) is 17.3 Å². The Morgan fingerprint density at radius 2 is 2.08 bits per heavy atom. The summed E-state index contributed by atoms with van der Waals surface area (Å²) in [6, 6.07) is 9.58. The van der Waals surface area contributed by atoms with Crippen molar-refractivity contribution in [3.8, 4) is 5.75 Å². The second-order valence-corrected chi connectivity index (χ2v) is 6.08. The molecule has 3 rings (SSSR count). The molecular formula is C18H22N6O2. The third-order valence-electron chi connectivity index (χ3n) is 4.00. The van der Waals surface area contributed by atoms with Crippen molar-refractivity contribution < 1.29 is 9.53 Å². The lowest BCUT2D eigenvalue weighted by Gasteiger charge is -2.12. The van der Waals surface area contributed by atoms with Crippen molar-refractivity contribution in [3.63, 3.8) is 0 Å². The van der Waals surface area contributed by atoms with Crippen LogP contribution in [0.4, 0.5) is 0 Å². The third-order valence-corrected chi connectivity index (χ3v) is 4.00. The molecule has 0 saturated heterocycles. The van der Waals surface area contributed by atoms with E-state index in [9.17, 15) is 4.79 Å². The van der Waals surface area contributed by atoms with Gasteiger partial charge in [-0.3, -0.25) is 9.48 Å². The molecule has 2 aromatic heterocycles. The molecule has 1 N–H and O–H groups in total. The van der Waals surface area contributed by atoms with Crippen LogP contribution < -0.4 is 10.1 Å². The van der Waals surface area contributed by atoms with Crippen LogP contribution >= 0.6 is 0 Å². The molecule has 0 aliphatic rings. The van der Waals surface area contributed by atoms with E-state index in [1.54, 1.807) is 24.2 Å². The standard InChI is InChI=1S/C18H22N6O2/c1-14(8-11-23-10-3-9-19-23)20-18(25)17-13-24(22-21-17)12-15-4-6-16(26-2)7-5-15/h3-7,9-10,13-14H,8,11-12H2,1-2H3,(H,20,25). The molecule has 0 aliphatic carbocycles. The Labute approximate surface area is 151 Å². The van der Waals surface area contributed by atoms with E-state index < -0.39 is 0 Å². The average molecular weight is 354 g/mol. The molecule has 1 unspecified atom stereocenters. The van der Waals surface area contributed by atoms with Crippen molar-refractivity contribution in [1.82, 2.24) is 30.1 Å². The van der Waals surface area contributed by atoms with E-state index in [0.29, 0.717) is 12.2 Å². The van der Waals surface area contributed by atoms with Crippen LogP contribution in [0.25, 0.3) is 0 Å². The number of nitrogens with one attached hydrogen (secondary N) is 1. The Bertz CT molecular complexity index is 826. The number of rotatable bonds is 8. The molecule has 1 aromatic carbocycles. The largest absolute Gasteiger partial charge is 0.497 e. The zero-order valence-electron chi connectivity index (χ0n) is 14.9. The minimum atomic E-state index is -0.223. The summed E-state index contributed by atoms with van der Waals surface area (Å²) in [6.07, 6.45) is 6.08. The monoisotopic (exact) mass is 354 g/mol. The van der Waals surface area contributed by atoms with Gasteiger partial charge in [0.25, 0.3) is 5.91 Å². The molecular weight excluding hydrogens is 332 g/mol. The normalized spacial score (nSPS) is 11.9. The molecule has 0 bridgehead atoms. The van der Waals surface area contributed by atoms with Gasteiger partial charge >= 0.3 is 0 Å². The highest BCUT2D eigenvalue weighted by Gasteiger charge is 2.14. The Morgan fingerprint density at radius 3 is 2.77 bits per heavy atom. The number of nitrogens with zero attached hydrogens (tertiary/aromatic N) is 5. The number of hydrogen-bond acceptors (Lipinski definition) is 5. The fraction of sp³-hybridized carbons (Fsp3) is 0.333. The Balaban J connectivity index is 1.51. The predicted octanol–water partition coefficient (Wildman–Crippen LogP) is 1.74. The molecule has 8 nitrogen and oxygen atoms in total. The summed E-state index contributed by atoms with van der Waals surface area (Å²) in [5, 5.41) is 15.1. The number of aryl methyl sites for hydroxylation is 1. The molecule has 0 spiro atoms. The number of methoxy groups -OCH3 is 1. The summed E-state index contributed by atoms with van der Waals surface area (Å²) in [5.74, 6) is 0.579. The Hall–Kier alpha value is -3.16. The van der Waals surface area contributed by atoms with Gasteiger partial charge in [-0.2, -0.15) is 5.10 Å². The topological polar surface area (TPSA) is 86.9 Å². The fourth-order valence-corrected chi connectivity index (χ4v) is 2.53. The van der Waals surface area contributed by atoms with Gasteiger partial charge in [0.1, 0.15) is 5.75 Å². The Kier molecular flexibility index (Phi) is 5.62. The van der Waals surface area contributed by atoms with E-state index in [4.69, 9.17) is 4.74 Å². The van der Waals surface area contributed by atoms with Crippen LogP contribution in [-0.4, -0.2) is 43.8 Å². The maximum atomic E-state index is 12.3. The highest BCUT2D eigenvalue weighted by Crippen LogP contribution is 2.12. The highest BCUT2D eigenvalue weighted by atomic mass is 16.5. The van der Waals surface area contributed by atoms with Gasteiger partial charge in [0, 0.05) is 25.0 Å². The molecule has 26 heavy (non-hydrogen) atoms. The molecule has 3 aromatic rings. The highest BCUT2D eigenvalue weighted by molar-refractivity contribution is 5.92. The minimum Gasteiger partial charge on any atom is -0.497 e. The van der Waals surface area contributed by atoms with Crippen LogP contribution in [0.2, 0.25) is 0 Å². The maximum Gasteiger partial charge on any atom is 0.273 e. The van der Waals surface area contributed by atoms with Crippen LogP contribution in [0.1, 0.15) is 29.4 Å². The van der Waals surface area contributed by atoms with Gasteiger partial charge in [-0.05, 0) is 37.1 Å². The predicted molar refractivity (Wildman–Crippen MR) is 95.9 cm³/mol. The number of benzene rings is 1. The molecule has 1 atom stereocenters. The van der Waals surface area contributed by atoms with Gasteiger partial charge in [-0.15, -0.1) is 5.10 Å². The van der Waals surface area contributed by atoms with E-state index in [0.717, 1.165) is 24.3 Å². The minimum absolute atomic E-state index is 0.0124. The van der Waals surface area contributed by atoms with Crippen molar-refractivity contribution in [2.75, 3.05) is 7.11 Å². The van der Waals surface area contributed by atoms with E-state index >= 15 is 0 Å². The summed E-state index contributed by atoms with van der Waals surface area (Å²) in [7, 11) is 1.63. The summed E-state index contributed by atoms with van der Waals surface area (Å²) < 4.78 is 8.63. The van der Waals surface area contributed by atoms with Crippen molar-refractivity contribution in [1.29, 1.82) is 0 Å². The lowest BCUT2D eigenvalue weighted by Crippen LogP contribution is -2.33. The first-order valence-electron chi connectivity index (χ1n) is 8.45. The zero-order valence-corrected chi connectivity index (χ0v) is 14.9. The number of amides is 1. The number of carbonyl (C=O) groups excluding carboxylic acids is 1. The molecule has 136 valence electrons. The SMILES string of the molecule is COc1ccc(Cn2cc(C(=O)NC(C)CCn3cccn3)nn2)cc1. The van der Waals surface area contributed by atoms with Crippen LogP contribution in [0.5, 0.6) is 5.75 Å². The van der Waals surface area contributed by atoms with Gasteiger partial charge in [0.15, 0.2) is 5.69 Å². The number of aromatic nitrogens is 5. The van der Waals surface area contributed by atoms with Gasteiger partial charge in [0.2, 0.25) is 0 Å². The summed E-state index contributed by atoms with van der Waals surface area (Å²) in [5.41, 5.74) is 1.36. The fourth-order valence-electron chi connectivity index (χ4n) is 2.53. The molecule has 0 saturated carbocycles. The van der Waals surface area contributed by atoms with Crippen molar-refractivity contribution in [2.45, 2.75) is 32.5 Å². The number of carbonyl (C=O) groups is 1. The smallest absolute Gasteiger partial charge is 0.273 e. The first-order chi connectivity index (χ1) is 12.6. The van der Waals surface area contributed by atoms with Crippen LogP contribution in [0.15, 0.2) is 48.9 Å². The zero-order chi connectivity index (χ0) is 18.4. The molecule has 1 amide bonds. The maximum absolute atomic E-state index is 12.3. The van der Waals surface area contributed by atoms with Gasteiger partial charge in [-0.25, -0.2) is 4.68 Å². The first kappa shape index (κ1) is 17.7. The van der Waals surface area contributed by atoms with Crippen LogP contribution in [0, 0.1) is 0 Å². The van der Waals surface area contributed by atoms with Gasteiger partial charge < -0.3 is 10.1 Å². The molecule has 8 heteroatoms. The van der Waals surface area contributed by atoms with E-state index in [-0.39, 0.29) is 11.9 Å². The molecule has 0 radical (unpaired) electrons. The molecule has 2 heterocycles. The van der Waals surface area contributed by atoms with Crippen molar-refractivity contribution in [2.24, 2.45) is 0 Å². The number of ether oxygens (including phenoxy) is 1. The van der Waals surface area contributed by atoms with Crippen LogP contribution in [-0.2, 0) is 13.1 Å².